The van der Waals surface area contributed by atoms with Crippen molar-refractivity contribution in [1.29, 1.82) is 0 Å². The van der Waals surface area contributed by atoms with Gasteiger partial charge in [-0.2, -0.15) is 21.6 Å². The average molecular weight is 351 g/mol. The van der Waals surface area contributed by atoms with E-state index in [0.717, 1.165) is 12.1 Å². The van der Waals surface area contributed by atoms with Gasteiger partial charge in [-0.15, -0.1) is 0 Å². The zero-order valence-corrected chi connectivity index (χ0v) is 12.7. The summed E-state index contributed by atoms with van der Waals surface area (Å²) in [5, 5.41) is 10.3. The summed E-state index contributed by atoms with van der Waals surface area (Å²) in [4.78, 5) is 11.4. The maximum absolute atomic E-state index is 12.8. The lowest BCUT2D eigenvalue weighted by Gasteiger charge is -2.35. The largest absolute Gasteiger partial charge is 0.478 e. The smallest absolute Gasteiger partial charge is 0.416 e. The first-order valence-electron chi connectivity index (χ1n) is 6.20. The molecule has 3 N–H and O–H groups in total. The average Bonchev–Trinajstić information content (AvgIpc) is 2.34. The van der Waals surface area contributed by atoms with Crippen LogP contribution in [0.5, 0.6) is 0 Å². The van der Waals surface area contributed by atoms with Crippen molar-refractivity contribution in [3.63, 3.8) is 0 Å². The number of halogens is 3. The molecule has 1 heterocycles. The van der Waals surface area contributed by atoms with Crippen molar-refractivity contribution in [2.75, 3.05) is 5.32 Å². The minimum atomic E-state index is -4.98. The molecule has 0 bridgehead atoms. The third-order valence-electron chi connectivity index (χ3n) is 3.59. The van der Waals surface area contributed by atoms with E-state index in [9.17, 15) is 36.0 Å². The van der Waals surface area contributed by atoms with Gasteiger partial charge in [-0.25, -0.2) is 4.79 Å². The molecule has 1 aliphatic heterocycles. The Morgan fingerprint density at radius 3 is 2.26 bits per heavy atom. The van der Waals surface area contributed by atoms with Gasteiger partial charge in [0.1, 0.15) is 0 Å². The molecule has 2 rings (SSSR count). The molecule has 0 amide bonds. The number of aliphatic carboxylic acids is 1. The van der Waals surface area contributed by atoms with Crippen LogP contribution < -0.4 is 5.32 Å². The third-order valence-corrected chi connectivity index (χ3v) is 4.41. The lowest BCUT2D eigenvalue weighted by Crippen LogP contribution is -2.36. The van der Waals surface area contributed by atoms with Crippen LogP contribution in [0.25, 0.3) is 0 Å². The molecule has 6 nitrogen and oxygen atoms in total. The molecule has 0 radical (unpaired) electrons. The summed E-state index contributed by atoms with van der Waals surface area (Å²) < 4.78 is 70.4. The minimum absolute atomic E-state index is 0.162. The predicted molar refractivity (Wildman–Crippen MR) is 74.3 cm³/mol. The Hall–Kier alpha value is -2.07. The van der Waals surface area contributed by atoms with Gasteiger partial charge >= 0.3 is 22.3 Å². The molecule has 0 saturated carbocycles. The number of carbonyl (C=O) groups is 1. The van der Waals surface area contributed by atoms with Crippen molar-refractivity contribution in [3.8, 4) is 0 Å². The second kappa shape index (κ2) is 4.96. The van der Waals surface area contributed by atoms with Crippen molar-refractivity contribution in [1.82, 2.24) is 0 Å². The number of alkyl halides is 3. The molecule has 0 atom stereocenters. The van der Waals surface area contributed by atoms with Crippen LogP contribution in [0.1, 0.15) is 25.0 Å². The minimum Gasteiger partial charge on any atom is -0.478 e. The summed E-state index contributed by atoms with van der Waals surface area (Å²) in [6, 6.07) is 2.52. The van der Waals surface area contributed by atoms with Crippen LogP contribution in [0.15, 0.2) is 28.8 Å². The number of fused-ring (bicyclic) bond motifs is 1. The van der Waals surface area contributed by atoms with Crippen molar-refractivity contribution in [2.45, 2.75) is 25.4 Å². The normalized spacial score (nSPS) is 17.5. The molecule has 1 aliphatic rings. The molecule has 0 aromatic heterocycles. The monoisotopic (exact) mass is 351 g/mol. The van der Waals surface area contributed by atoms with Crippen LogP contribution in [0, 0.1) is 0 Å². The predicted octanol–water partition coefficient (Wildman–Crippen LogP) is 2.59. The molecule has 0 fully saturated rings. The number of benzene rings is 1. The van der Waals surface area contributed by atoms with E-state index in [1.165, 1.54) is 13.8 Å². The van der Waals surface area contributed by atoms with E-state index in [1.54, 1.807) is 0 Å². The Labute approximate surface area is 129 Å². The molecule has 1 aromatic carbocycles. The maximum atomic E-state index is 12.8. The lowest BCUT2D eigenvalue weighted by atomic mass is 9.75. The molecule has 23 heavy (non-hydrogen) atoms. The van der Waals surface area contributed by atoms with E-state index in [1.807, 2.05) is 0 Å². The summed E-state index contributed by atoms with van der Waals surface area (Å²) in [6.07, 6.45) is -4.66. The van der Waals surface area contributed by atoms with E-state index < -0.39 is 43.8 Å². The molecular formula is C13H12F3NO5S. The summed E-state index contributed by atoms with van der Waals surface area (Å²) in [7, 11) is -4.98. The van der Waals surface area contributed by atoms with Crippen LogP contribution in [0.4, 0.5) is 18.9 Å². The van der Waals surface area contributed by atoms with Gasteiger partial charge < -0.3 is 10.4 Å². The van der Waals surface area contributed by atoms with Gasteiger partial charge in [0.05, 0.1) is 11.1 Å². The van der Waals surface area contributed by atoms with Gasteiger partial charge in [0.25, 0.3) is 0 Å². The topological polar surface area (TPSA) is 104 Å². The first kappa shape index (κ1) is 17.3. The van der Waals surface area contributed by atoms with Crippen molar-refractivity contribution in [3.05, 3.63) is 39.9 Å². The number of hydrogen-bond donors (Lipinski definition) is 3. The molecule has 0 aliphatic carbocycles. The third kappa shape index (κ3) is 2.91. The number of rotatable bonds is 2. The first-order valence-corrected chi connectivity index (χ1v) is 7.64. The molecule has 0 spiro atoms. The van der Waals surface area contributed by atoms with Crippen molar-refractivity contribution < 1.29 is 36.0 Å². The highest BCUT2D eigenvalue weighted by molar-refractivity contribution is 7.90. The quantitative estimate of drug-likeness (QED) is 0.708. The highest BCUT2D eigenvalue weighted by Crippen LogP contribution is 2.45. The fourth-order valence-electron chi connectivity index (χ4n) is 2.53. The Bertz CT molecular complexity index is 825. The van der Waals surface area contributed by atoms with Crippen LogP contribution >= 0.6 is 0 Å². The molecule has 0 unspecified atom stereocenters. The van der Waals surface area contributed by atoms with Crippen LogP contribution in [-0.2, 0) is 26.5 Å². The van der Waals surface area contributed by atoms with Gasteiger partial charge in [0.2, 0.25) is 0 Å². The fraction of sp³-hybridized carbons (Fsp3) is 0.308. The van der Waals surface area contributed by atoms with Gasteiger partial charge in [-0.3, -0.25) is 4.55 Å². The number of anilines is 1. The zero-order valence-electron chi connectivity index (χ0n) is 11.9. The van der Waals surface area contributed by atoms with Gasteiger partial charge in [-0.1, -0.05) is 19.9 Å². The van der Waals surface area contributed by atoms with E-state index in [-0.39, 0.29) is 11.3 Å². The van der Waals surface area contributed by atoms with E-state index in [0.29, 0.717) is 6.07 Å². The van der Waals surface area contributed by atoms with Crippen LogP contribution in [0.2, 0.25) is 0 Å². The van der Waals surface area contributed by atoms with Gasteiger partial charge in [0.15, 0.2) is 5.03 Å². The van der Waals surface area contributed by atoms with Crippen LogP contribution in [0.3, 0.4) is 0 Å². The van der Waals surface area contributed by atoms with E-state index >= 15 is 0 Å². The van der Waals surface area contributed by atoms with Crippen LogP contribution in [-0.4, -0.2) is 24.0 Å². The summed E-state index contributed by atoms with van der Waals surface area (Å²) >= 11 is 0. The number of carboxylic acid groups (broad SMARTS) is 1. The van der Waals surface area contributed by atoms with E-state index in [4.69, 9.17) is 0 Å². The Morgan fingerprint density at radius 2 is 1.83 bits per heavy atom. The highest BCUT2D eigenvalue weighted by Gasteiger charge is 2.43. The second-order valence-electron chi connectivity index (χ2n) is 5.49. The first-order chi connectivity index (χ1) is 10.3. The van der Waals surface area contributed by atoms with Crippen molar-refractivity contribution >= 4 is 21.8 Å². The van der Waals surface area contributed by atoms with Gasteiger partial charge in [-0.05, 0) is 17.7 Å². The Balaban J connectivity index is 2.78. The molecule has 126 valence electrons. The standard InChI is InChI=1S/C13H12F3NO5S/c1-12(2)7-4-3-6(13(14,15)16)5-8(7)17-10(23(20,21)22)9(12)11(18)19/h3-5,17H,1-2H3,(H,18,19)(H,20,21,22). The molecule has 1 aromatic rings. The zero-order chi connectivity index (χ0) is 17.8. The number of hydrogen-bond acceptors (Lipinski definition) is 4. The number of carboxylic acids is 1. The summed E-state index contributed by atoms with van der Waals surface area (Å²) in [5.74, 6) is -1.61. The van der Waals surface area contributed by atoms with E-state index in [2.05, 4.69) is 5.32 Å². The lowest BCUT2D eigenvalue weighted by molar-refractivity contribution is -0.137. The summed E-state index contributed by atoms with van der Waals surface area (Å²) in [5.41, 5.74) is -3.21. The molecule has 10 heteroatoms. The molecular weight excluding hydrogens is 339 g/mol. The number of nitrogens with one attached hydrogen (secondary N) is 1. The van der Waals surface area contributed by atoms with Gasteiger partial charge in [0, 0.05) is 11.1 Å². The fourth-order valence-corrected chi connectivity index (χ4v) is 3.37. The van der Waals surface area contributed by atoms with Crippen molar-refractivity contribution in [2.24, 2.45) is 0 Å². The maximum Gasteiger partial charge on any atom is 0.416 e. The Morgan fingerprint density at radius 1 is 1.26 bits per heavy atom. The second-order valence-corrected chi connectivity index (χ2v) is 6.85. The SMILES string of the molecule is CC1(C)C(C(=O)O)=C(S(=O)(=O)O)Nc2cc(C(F)(F)F)ccc21. The summed E-state index contributed by atoms with van der Waals surface area (Å²) in [6.45, 7) is 2.68. The molecule has 0 saturated heterocycles. The highest BCUT2D eigenvalue weighted by atomic mass is 32.2. The Kier molecular flexibility index (Phi) is 3.73.